The third kappa shape index (κ3) is 7.42. The molecular weight excluding hydrogens is 641 g/mol. The molecule has 6 aromatic rings. The zero-order valence-electron chi connectivity index (χ0n) is 29.6. The summed E-state index contributed by atoms with van der Waals surface area (Å²) in [6.07, 6.45) is 6.23. The van der Waals surface area contributed by atoms with Gasteiger partial charge in [-0.1, -0.05) is 114 Å². The summed E-state index contributed by atoms with van der Waals surface area (Å²) in [6, 6.07) is 49.2. The van der Waals surface area contributed by atoms with E-state index in [0.717, 1.165) is 61.3 Å². The average Bonchev–Trinajstić information content (AvgIpc) is 3.20. The molecule has 1 atom stereocenters. The van der Waals surface area contributed by atoms with Crippen molar-refractivity contribution in [3.05, 3.63) is 198 Å². The third-order valence-corrected chi connectivity index (χ3v) is 10.7. The highest BCUT2D eigenvalue weighted by molar-refractivity contribution is 7.85. The van der Waals surface area contributed by atoms with Gasteiger partial charge in [-0.05, 0) is 123 Å². The smallest absolute Gasteiger partial charge is 0.0575 e. The summed E-state index contributed by atoms with van der Waals surface area (Å²) >= 11 is 0. The number of allylic oxidation sites excluding steroid dienone is 4. The van der Waals surface area contributed by atoms with Crippen LogP contribution >= 0.6 is 0 Å². The normalized spacial score (nSPS) is 15.8. The van der Waals surface area contributed by atoms with Crippen LogP contribution < -0.4 is 9.80 Å². The number of rotatable bonds is 7. The zero-order valence-corrected chi connectivity index (χ0v) is 30.5. The van der Waals surface area contributed by atoms with Crippen LogP contribution in [0.1, 0.15) is 33.4 Å². The molecular formula is C47H42N2OS. The molecule has 0 spiro atoms. The fraction of sp³-hybridized carbons (Fsp3) is 0.106. The van der Waals surface area contributed by atoms with E-state index in [9.17, 15) is 4.21 Å². The highest BCUT2D eigenvalue weighted by Crippen LogP contribution is 2.39. The molecule has 0 N–H and O–H groups in total. The Hall–Kier alpha value is -5.71. The lowest BCUT2D eigenvalue weighted by atomic mass is 10.0. The minimum Gasteiger partial charge on any atom is -0.311 e. The Kier molecular flexibility index (Phi) is 9.70. The minimum absolute atomic E-state index is 0.388. The summed E-state index contributed by atoms with van der Waals surface area (Å²) in [5.74, 6) is 0.388. The molecule has 1 heterocycles. The van der Waals surface area contributed by atoms with Crippen molar-refractivity contribution in [2.75, 3.05) is 15.6 Å². The summed E-state index contributed by atoms with van der Waals surface area (Å²) in [5, 5.41) is 0. The number of benzene rings is 6. The molecule has 0 amide bonds. The van der Waals surface area contributed by atoms with Crippen molar-refractivity contribution in [3.8, 4) is 0 Å². The molecule has 252 valence electrons. The summed E-state index contributed by atoms with van der Waals surface area (Å²) in [6.45, 7) is 12.8. The first-order valence-corrected chi connectivity index (χ1v) is 18.6. The summed E-state index contributed by atoms with van der Waals surface area (Å²) in [7, 11) is -1.29. The Morgan fingerprint density at radius 2 is 0.863 bits per heavy atom. The van der Waals surface area contributed by atoms with Gasteiger partial charge >= 0.3 is 0 Å². The second kappa shape index (κ2) is 14.6. The van der Waals surface area contributed by atoms with Crippen LogP contribution in [-0.4, -0.2) is 9.96 Å². The molecule has 6 aromatic carbocycles. The van der Waals surface area contributed by atoms with Crippen LogP contribution in [-0.2, 0) is 10.8 Å². The predicted molar refractivity (Wildman–Crippen MR) is 219 cm³/mol. The van der Waals surface area contributed by atoms with E-state index in [2.05, 4.69) is 196 Å². The van der Waals surface area contributed by atoms with Crippen LogP contribution in [0.15, 0.2) is 169 Å². The maximum absolute atomic E-state index is 14.1. The molecule has 7 rings (SSSR count). The van der Waals surface area contributed by atoms with Crippen LogP contribution in [0.2, 0.25) is 0 Å². The second-order valence-electron chi connectivity index (χ2n) is 13.3. The molecule has 0 saturated carbocycles. The number of hydrogen-bond donors (Lipinski definition) is 0. The largest absolute Gasteiger partial charge is 0.311 e. The maximum atomic E-state index is 14.1. The van der Waals surface area contributed by atoms with E-state index in [-0.39, 0.29) is 0 Å². The van der Waals surface area contributed by atoms with Crippen LogP contribution in [0.4, 0.5) is 34.1 Å². The van der Waals surface area contributed by atoms with E-state index in [1.165, 1.54) is 22.3 Å². The van der Waals surface area contributed by atoms with Crippen molar-refractivity contribution in [3.63, 3.8) is 0 Å². The predicted octanol–water partition coefficient (Wildman–Crippen LogP) is 12.6. The monoisotopic (exact) mass is 682 g/mol. The maximum Gasteiger partial charge on any atom is 0.0575 e. The molecule has 1 aliphatic rings. The molecule has 3 nitrogen and oxygen atoms in total. The summed E-state index contributed by atoms with van der Waals surface area (Å²) < 4.78 is 14.1. The van der Waals surface area contributed by atoms with Crippen LogP contribution in [0.25, 0.3) is 11.1 Å². The fourth-order valence-corrected chi connectivity index (χ4v) is 7.60. The highest BCUT2D eigenvalue weighted by atomic mass is 32.2. The summed E-state index contributed by atoms with van der Waals surface area (Å²) in [5.41, 5.74) is 15.0. The van der Waals surface area contributed by atoms with E-state index >= 15 is 0 Å². The number of aryl methyl sites for hydroxylation is 4. The standard InChI is InChI=1S/C47H42N2OS/c1-33-6-18-40(19-7-33)48(41-20-8-34(2)9-21-41)44-26-16-38(17-27-44)39-15-14-37(5)46-29-28-45(32-47(46)51(50)31-30-39)49(42-22-10-35(3)11-23-42)43-24-12-36(4)13-25-43/h6-30,32H,5,31H2,1-4H3/b15-14-,39-30+. The van der Waals surface area contributed by atoms with Gasteiger partial charge in [0.05, 0.1) is 10.8 Å². The Balaban J connectivity index is 1.21. The van der Waals surface area contributed by atoms with Gasteiger partial charge < -0.3 is 9.80 Å². The van der Waals surface area contributed by atoms with Gasteiger partial charge in [0.1, 0.15) is 0 Å². The Bertz CT molecular complexity index is 2170. The molecule has 0 saturated heterocycles. The zero-order chi connectivity index (χ0) is 35.5. The van der Waals surface area contributed by atoms with Crippen LogP contribution in [0.3, 0.4) is 0 Å². The number of hydrogen-bond acceptors (Lipinski definition) is 3. The van der Waals surface area contributed by atoms with Gasteiger partial charge in [0.2, 0.25) is 0 Å². The van der Waals surface area contributed by atoms with Crippen molar-refractivity contribution in [1.82, 2.24) is 0 Å². The topological polar surface area (TPSA) is 23.6 Å². The third-order valence-electron chi connectivity index (χ3n) is 9.36. The van der Waals surface area contributed by atoms with Crippen LogP contribution in [0.5, 0.6) is 0 Å². The van der Waals surface area contributed by atoms with Crippen molar-refractivity contribution in [1.29, 1.82) is 0 Å². The lowest BCUT2D eigenvalue weighted by Gasteiger charge is -2.26. The SMILES string of the molecule is C=C1/C=C\C(c2ccc(N(c3ccc(C)cc3)c3ccc(C)cc3)cc2)=C/CS(=O)c2cc(N(c3ccc(C)cc3)c3ccc(C)cc3)ccc21. The lowest BCUT2D eigenvalue weighted by molar-refractivity contribution is 0.685. The molecule has 1 unspecified atom stereocenters. The molecule has 1 aliphatic heterocycles. The fourth-order valence-electron chi connectivity index (χ4n) is 6.39. The van der Waals surface area contributed by atoms with Gasteiger partial charge in [-0.3, -0.25) is 4.21 Å². The molecule has 0 aliphatic carbocycles. The number of fused-ring (bicyclic) bond motifs is 1. The van der Waals surface area contributed by atoms with Gasteiger partial charge in [-0.25, -0.2) is 0 Å². The molecule has 0 fully saturated rings. The minimum atomic E-state index is -1.29. The molecule has 0 radical (unpaired) electrons. The Morgan fingerprint density at radius 3 is 1.29 bits per heavy atom. The van der Waals surface area contributed by atoms with Crippen LogP contribution in [0, 0.1) is 27.7 Å². The van der Waals surface area contributed by atoms with Crippen molar-refractivity contribution in [2.45, 2.75) is 32.6 Å². The van der Waals surface area contributed by atoms with E-state index < -0.39 is 10.8 Å². The summed E-state index contributed by atoms with van der Waals surface area (Å²) in [4.78, 5) is 5.28. The number of anilines is 6. The average molecular weight is 683 g/mol. The molecule has 0 bridgehead atoms. The van der Waals surface area contributed by atoms with Gasteiger partial charge in [0.15, 0.2) is 0 Å². The van der Waals surface area contributed by atoms with Gasteiger partial charge in [0.25, 0.3) is 0 Å². The number of nitrogens with zero attached hydrogens (tertiary/aromatic N) is 2. The highest BCUT2D eigenvalue weighted by Gasteiger charge is 2.19. The molecule has 51 heavy (non-hydrogen) atoms. The quantitative estimate of drug-likeness (QED) is 0.167. The van der Waals surface area contributed by atoms with Crippen molar-refractivity contribution in [2.24, 2.45) is 0 Å². The van der Waals surface area contributed by atoms with E-state index in [4.69, 9.17) is 0 Å². The first-order valence-electron chi connectivity index (χ1n) is 17.3. The first kappa shape index (κ1) is 33.8. The lowest BCUT2D eigenvalue weighted by Crippen LogP contribution is -2.11. The van der Waals surface area contributed by atoms with Crippen molar-refractivity contribution >= 4 is 56.1 Å². The molecule has 4 heteroatoms. The second-order valence-corrected chi connectivity index (χ2v) is 14.7. The van der Waals surface area contributed by atoms with Gasteiger partial charge in [-0.2, -0.15) is 0 Å². The first-order chi connectivity index (χ1) is 24.7. The Labute approximate surface area is 305 Å². The van der Waals surface area contributed by atoms with Gasteiger partial charge in [-0.15, -0.1) is 0 Å². The van der Waals surface area contributed by atoms with Gasteiger partial charge in [0, 0.05) is 44.8 Å². The Morgan fingerprint density at radius 1 is 0.490 bits per heavy atom. The van der Waals surface area contributed by atoms with E-state index in [1.54, 1.807) is 0 Å². The molecule has 0 aromatic heterocycles. The van der Waals surface area contributed by atoms with E-state index in [1.807, 2.05) is 6.08 Å². The van der Waals surface area contributed by atoms with Crippen molar-refractivity contribution < 1.29 is 4.21 Å². The van der Waals surface area contributed by atoms with E-state index in [0.29, 0.717) is 5.75 Å².